The number of hydrogen-bond acceptors (Lipinski definition) is 10. The van der Waals surface area contributed by atoms with Crippen LogP contribution in [-0.4, -0.2) is 58.2 Å². The molecule has 1 heterocycles. The summed E-state index contributed by atoms with van der Waals surface area (Å²) < 4.78 is 62.4. The number of aromatic carboxylic acids is 1. The number of benzene rings is 3. The number of nitrogens with zero attached hydrogens (tertiary/aromatic N) is 3. The molecule has 1 amide bonds. The minimum absolute atomic E-state index is 0. The zero-order valence-corrected chi connectivity index (χ0v) is 25.9. The molecule has 12 nitrogen and oxygen atoms in total. The molecule has 3 aromatic carbocycles. The van der Waals surface area contributed by atoms with Crippen LogP contribution in [0.2, 0.25) is 0 Å². The Morgan fingerprint density at radius 3 is 2.17 bits per heavy atom. The van der Waals surface area contributed by atoms with Gasteiger partial charge < -0.3 is 19.7 Å². The Bertz CT molecular complexity index is 1840. The van der Waals surface area contributed by atoms with E-state index < -0.39 is 63.5 Å². The summed E-state index contributed by atoms with van der Waals surface area (Å²) in [5.41, 5.74) is 0.458. The Morgan fingerprint density at radius 2 is 1.61 bits per heavy atom. The quantitative estimate of drug-likeness (QED) is 0.202. The van der Waals surface area contributed by atoms with Crippen LogP contribution in [0.15, 0.2) is 86.0 Å². The number of amides is 1. The molecule has 0 aromatic heterocycles. The second kappa shape index (κ2) is 11.8. The number of sulfone groups is 1. The topological polar surface area (TPSA) is 188 Å². The van der Waals surface area contributed by atoms with Crippen molar-refractivity contribution in [2.45, 2.75) is 21.6 Å². The predicted octanol–water partition coefficient (Wildman–Crippen LogP) is -0.816. The van der Waals surface area contributed by atoms with Gasteiger partial charge in [-0.2, -0.15) is 10.1 Å². The molecule has 0 unspecified atom stereocenters. The molecule has 0 saturated heterocycles. The largest absolute Gasteiger partial charge is 1.00 e. The zero-order chi connectivity index (χ0) is 29.6. The monoisotopic (exact) mass is 607 g/mol. The molecule has 1 aliphatic heterocycles. The van der Waals surface area contributed by atoms with E-state index in [1.807, 2.05) is 31.1 Å². The van der Waals surface area contributed by atoms with Crippen molar-refractivity contribution in [2.75, 3.05) is 24.0 Å². The van der Waals surface area contributed by atoms with Gasteiger partial charge in [0.15, 0.2) is 0 Å². The number of rotatable bonds is 7. The van der Waals surface area contributed by atoms with Crippen LogP contribution in [-0.2, 0) is 24.7 Å². The van der Waals surface area contributed by atoms with Gasteiger partial charge in [-0.25, -0.2) is 21.6 Å². The standard InChI is InChI=1S/C26H23N3O9S2.Na/c1-15-20(12-16-4-6-17(7-5-16)28(2)3)25(31)29(27-15)22-14-19(40(36,37)38)9-11-24(22)39(34,35)18-8-10-23(30)21(13-18)26(32)33;/h4-14,30H,1-3H3,(H,32,33)(H,36,37,38);/q;+1/p-1. The van der Waals surface area contributed by atoms with E-state index >= 15 is 0 Å². The first kappa shape index (κ1) is 32.0. The number of carbonyl (C=O) groups excluding carboxylic acids is 1. The van der Waals surface area contributed by atoms with Crippen molar-refractivity contribution in [1.82, 2.24) is 0 Å². The fourth-order valence-electron chi connectivity index (χ4n) is 3.90. The maximum Gasteiger partial charge on any atom is 1.00 e. The van der Waals surface area contributed by atoms with Gasteiger partial charge in [-0.3, -0.25) is 4.79 Å². The summed E-state index contributed by atoms with van der Waals surface area (Å²) in [6, 6.07) is 11.7. The molecule has 1 N–H and O–H groups in total. The van der Waals surface area contributed by atoms with Crippen LogP contribution in [0.4, 0.5) is 11.4 Å². The van der Waals surface area contributed by atoms with E-state index in [4.69, 9.17) is 0 Å². The summed E-state index contributed by atoms with van der Waals surface area (Å²) >= 11 is 0. The fourth-order valence-corrected chi connectivity index (χ4v) is 5.83. The Hall–Kier alpha value is -3.53. The van der Waals surface area contributed by atoms with Crippen LogP contribution in [0, 0.1) is 0 Å². The van der Waals surface area contributed by atoms with E-state index in [0.717, 1.165) is 30.0 Å². The van der Waals surface area contributed by atoms with Gasteiger partial charge in [-0.15, -0.1) is 0 Å². The van der Waals surface area contributed by atoms with Gasteiger partial charge in [-0.1, -0.05) is 23.9 Å². The van der Waals surface area contributed by atoms with Crippen molar-refractivity contribution < 1.29 is 72.2 Å². The molecule has 0 fully saturated rings. The van der Waals surface area contributed by atoms with Gasteiger partial charge >= 0.3 is 37.0 Å². The summed E-state index contributed by atoms with van der Waals surface area (Å²) in [5, 5.41) is 25.9. The van der Waals surface area contributed by atoms with E-state index in [9.17, 15) is 41.2 Å². The fraction of sp³-hybridized carbons (Fsp3) is 0.115. The molecule has 0 saturated carbocycles. The number of carboxylic acid groups (broad SMARTS) is 1. The molecule has 3 aromatic rings. The molecule has 0 bridgehead atoms. The third kappa shape index (κ3) is 6.37. The Kier molecular flexibility index (Phi) is 9.17. The molecule has 4 rings (SSSR count). The molecule has 0 atom stereocenters. The van der Waals surface area contributed by atoms with Gasteiger partial charge in [0.1, 0.15) is 10.1 Å². The summed E-state index contributed by atoms with van der Waals surface area (Å²) in [4.78, 5) is 24.7. The van der Waals surface area contributed by atoms with Crippen molar-refractivity contribution in [1.29, 1.82) is 0 Å². The van der Waals surface area contributed by atoms with Crippen LogP contribution >= 0.6 is 0 Å². The van der Waals surface area contributed by atoms with Crippen molar-refractivity contribution >= 4 is 55.0 Å². The van der Waals surface area contributed by atoms with Crippen molar-refractivity contribution in [3.8, 4) is 5.75 Å². The first-order valence-corrected chi connectivity index (χ1v) is 14.3. The molecule has 0 radical (unpaired) electrons. The van der Waals surface area contributed by atoms with E-state index in [-0.39, 0.29) is 42.3 Å². The molecule has 0 spiro atoms. The number of carboxylic acids is 1. The van der Waals surface area contributed by atoms with Crippen LogP contribution in [0.3, 0.4) is 0 Å². The van der Waals surface area contributed by atoms with Crippen LogP contribution in [0.1, 0.15) is 24.3 Å². The average molecular weight is 608 g/mol. The van der Waals surface area contributed by atoms with Crippen molar-refractivity contribution in [2.24, 2.45) is 5.10 Å². The predicted molar refractivity (Wildman–Crippen MR) is 143 cm³/mol. The summed E-state index contributed by atoms with van der Waals surface area (Å²) in [6.45, 7) is 1.49. The molecule has 0 aliphatic carbocycles. The summed E-state index contributed by atoms with van der Waals surface area (Å²) in [7, 11) is -6.01. The zero-order valence-electron chi connectivity index (χ0n) is 23.2. The average Bonchev–Trinajstić information content (AvgIpc) is 3.16. The number of hydrogen-bond donors (Lipinski definition) is 1. The summed E-state index contributed by atoms with van der Waals surface area (Å²) in [6.07, 6.45) is 1.52. The smallest absolute Gasteiger partial charge is 0.872 e. The second-order valence-corrected chi connectivity index (χ2v) is 12.2. The van der Waals surface area contributed by atoms with Gasteiger partial charge in [0.25, 0.3) is 5.91 Å². The molecule has 15 heteroatoms. The van der Waals surface area contributed by atoms with E-state index in [1.54, 1.807) is 12.1 Å². The van der Waals surface area contributed by atoms with Gasteiger partial charge in [0, 0.05) is 19.8 Å². The third-order valence-corrected chi connectivity index (χ3v) is 8.64. The molecule has 41 heavy (non-hydrogen) atoms. The van der Waals surface area contributed by atoms with Crippen LogP contribution in [0.25, 0.3) is 6.08 Å². The third-order valence-electron chi connectivity index (χ3n) is 6.01. The van der Waals surface area contributed by atoms with Gasteiger partial charge in [-0.05, 0) is 61.0 Å². The SMILES string of the molecule is CC1=NN(c2cc(S(=O)(=O)[O-])ccc2S(=O)(=O)c2ccc([O-])c(C(=O)O)c2)C(=O)C1=Cc1ccc(N(C)C)cc1.[H+].[Na+]. The number of hydrazone groups is 1. The second-order valence-electron chi connectivity index (χ2n) is 8.90. The molecular weight excluding hydrogens is 585 g/mol. The normalized spacial score (nSPS) is 14.5. The minimum Gasteiger partial charge on any atom is -0.872 e. The number of carbonyl (C=O) groups is 2. The van der Waals surface area contributed by atoms with E-state index in [2.05, 4.69) is 5.10 Å². The molecule has 208 valence electrons. The first-order valence-electron chi connectivity index (χ1n) is 11.4. The van der Waals surface area contributed by atoms with E-state index in [1.165, 1.54) is 13.0 Å². The Labute approximate surface area is 259 Å². The Morgan fingerprint density at radius 1 is 1.00 bits per heavy atom. The summed E-state index contributed by atoms with van der Waals surface area (Å²) in [5.74, 6) is -3.38. The molecular formula is C26H22N3NaO9S2. The maximum absolute atomic E-state index is 13.6. The maximum atomic E-state index is 13.6. The Balaban J connectivity index is 0.00000308. The van der Waals surface area contributed by atoms with Gasteiger partial charge in [0.05, 0.1) is 37.2 Å². The first-order chi connectivity index (χ1) is 18.6. The van der Waals surface area contributed by atoms with Crippen LogP contribution < -0.4 is 44.6 Å². The minimum atomic E-state index is -5.08. The van der Waals surface area contributed by atoms with Crippen molar-refractivity contribution in [3.63, 3.8) is 0 Å². The molecule has 1 aliphatic rings. The van der Waals surface area contributed by atoms with E-state index in [0.29, 0.717) is 22.7 Å². The van der Waals surface area contributed by atoms with Crippen molar-refractivity contribution in [3.05, 3.63) is 77.4 Å². The number of anilines is 2. The van der Waals surface area contributed by atoms with Gasteiger partial charge in [0.2, 0.25) is 9.84 Å². The van der Waals surface area contributed by atoms with Crippen LogP contribution in [0.5, 0.6) is 5.75 Å².